The van der Waals surface area contributed by atoms with Crippen LogP contribution in [0.2, 0.25) is 0 Å². The summed E-state index contributed by atoms with van der Waals surface area (Å²) in [6.07, 6.45) is 17.0. The summed E-state index contributed by atoms with van der Waals surface area (Å²) in [4.78, 5) is 6.86. The van der Waals surface area contributed by atoms with Gasteiger partial charge in [0, 0.05) is 23.3 Å². The number of para-hydroxylation sites is 1. The van der Waals surface area contributed by atoms with E-state index in [9.17, 15) is 0 Å². The second-order valence-electron chi connectivity index (χ2n) is 14.3. The average Bonchev–Trinajstić information content (AvgIpc) is 3.24. The molecule has 0 N–H and O–H groups in total. The summed E-state index contributed by atoms with van der Waals surface area (Å²) in [5.41, 5.74) is 15.8. The monoisotopic (exact) mass is 706 g/mol. The van der Waals surface area contributed by atoms with Gasteiger partial charge in [-0.2, -0.15) is 0 Å². The average molecular weight is 707 g/mol. The Bertz CT molecular complexity index is 2730. The van der Waals surface area contributed by atoms with Gasteiger partial charge in [0.25, 0.3) is 0 Å². The van der Waals surface area contributed by atoms with E-state index < -0.39 is 0 Å². The van der Waals surface area contributed by atoms with Crippen LogP contribution in [-0.4, -0.2) is 12.8 Å². The largest absolute Gasteiger partial charge is 0.313 e. The second kappa shape index (κ2) is 14.9. The molecule has 0 saturated carbocycles. The number of hydrogen-bond acceptors (Lipinski definition) is 2. The maximum absolute atomic E-state index is 4.67. The van der Waals surface area contributed by atoms with Gasteiger partial charge in [-0.1, -0.05) is 140 Å². The zero-order valence-corrected chi connectivity index (χ0v) is 31.1. The Kier molecular flexibility index (Phi) is 9.24. The predicted octanol–water partition coefficient (Wildman–Crippen LogP) is 13.9. The number of fused-ring (bicyclic) bond motifs is 3. The van der Waals surface area contributed by atoms with Crippen LogP contribution in [0.1, 0.15) is 30.0 Å². The van der Waals surface area contributed by atoms with Crippen molar-refractivity contribution in [2.45, 2.75) is 19.8 Å². The van der Waals surface area contributed by atoms with Crippen LogP contribution in [0.15, 0.2) is 199 Å². The van der Waals surface area contributed by atoms with E-state index in [0.29, 0.717) is 6.54 Å². The van der Waals surface area contributed by atoms with E-state index >= 15 is 0 Å². The van der Waals surface area contributed by atoms with Crippen LogP contribution in [0.25, 0.3) is 66.6 Å². The van der Waals surface area contributed by atoms with Crippen molar-refractivity contribution in [3.63, 3.8) is 0 Å². The van der Waals surface area contributed by atoms with E-state index in [1.165, 1.54) is 77.2 Å². The number of allylic oxidation sites excluding steroid dienone is 6. The van der Waals surface area contributed by atoms with E-state index in [-0.39, 0.29) is 0 Å². The quantitative estimate of drug-likeness (QED) is 0.168. The van der Waals surface area contributed by atoms with E-state index in [4.69, 9.17) is 0 Å². The van der Waals surface area contributed by atoms with Crippen molar-refractivity contribution in [3.8, 4) is 33.4 Å². The van der Waals surface area contributed by atoms with Gasteiger partial charge in [0.15, 0.2) is 0 Å². The smallest absolute Gasteiger partial charge is 0.0795 e. The molecular weight excluding hydrogens is 665 g/mol. The van der Waals surface area contributed by atoms with E-state index in [1.807, 2.05) is 24.4 Å². The molecule has 0 atom stereocenters. The number of benzene rings is 7. The summed E-state index contributed by atoms with van der Waals surface area (Å²) in [6, 6.07) is 52.9. The molecule has 0 unspecified atom stereocenters. The summed E-state index contributed by atoms with van der Waals surface area (Å²) in [5, 5.41) is 5.07. The lowest BCUT2D eigenvalue weighted by molar-refractivity contribution is 0.991. The Morgan fingerprint density at radius 3 is 2.13 bits per heavy atom. The first-order chi connectivity index (χ1) is 27.1. The van der Waals surface area contributed by atoms with Gasteiger partial charge in [-0.3, -0.25) is 4.99 Å². The molecule has 7 aromatic rings. The Morgan fingerprint density at radius 1 is 0.673 bits per heavy atom. The summed E-state index contributed by atoms with van der Waals surface area (Å²) in [5.74, 6) is 0. The maximum atomic E-state index is 4.67. The summed E-state index contributed by atoms with van der Waals surface area (Å²) >= 11 is 0. The highest BCUT2D eigenvalue weighted by molar-refractivity contribution is 6.11. The lowest BCUT2D eigenvalue weighted by Gasteiger charge is -2.28. The van der Waals surface area contributed by atoms with Gasteiger partial charge < -0.3 is 4.90 Å². The number of rotatable bonds is 6. The number of aliphatic imine (C=N–C) groups is 1. The van der Waals surface area contributed by atoms with E-state index in [0.717, 1.165) is 29.9 Å². The third-order valence-electron chi connectivity index (χ3n) is 10.9. The fourth-order valence-electron chi connectivity index (χ4n) is 8.27. The molecule has 1 aliphatic carbocycles. The standard InChI is InChI=1S/C53H42N2/c1-37(28-31-45-36-54-32-16-17-38(2)55(45)44-22-10-5-11-23-44)43-33-41-29-30-42(34-51(41)50(35-43)39-18-6-3-7-19-39)53-48-26-14-12-24-46(48)52(40-20-8-4-9-21-40)47-25-13-15-27-49(47)53/h3-14,16-26,28-35H,2,15,27,36H2,1H3/b17-16-,37-28+,45-31+,54-32-. The molecule has 1 aliphatic heterocycles. The molecule has 2 heteroatoms. The maximum Gasteiger partial charge on any atom is 0.0795 e. The number of hydrogen-bond donors (Lipinski definition) is 0. The van der Waals surface area contributed by atoms with Gasteiger partial charge in [-0.15, -0.1) is 0 Å². The summed E-state index contributed by atoms with van der Waals surface area (Å²) in [6.45, 7) is 7.15. The minimum Gasteiger partial charge on any atom is -0.313 e. The molecule has 2 nitrogen and oxygen atoms in total. The Balaban J connectivity index is 1.20. The van der Waals surface area contributed by atoms with Crippen molar-refractivity contribution in [2.75, 3.05) is 11.4 Å². The van der Waals surface area contributed by atoms with Crippen LogP contribution in [0, 0.1) is 0 Å². The second-order valence-corrected chi connectivity index (χ2v) is 14.3. The molecule has 55 heavy (non-hydrogen) atoms. The molecular formula is C53H42N2. The van der Waals surface area contributed by atoms with Crippen molar-refractivity contribution in [1.29, 1.82) is 0 Å². The number of nitrogens with zero attached hydrogens (tertiary/aromatic N) is 2. The van der Waals surface area contributed by atoms with Crippen LogP contribution in [0.3, 0.4) is 0 Å². The fraction of sp³-hybridized carbons (Fsp3) is 0.0755. The minimum atomic E-state index is 0.554. The highest BCUT2D eigenvalue weighted by atomic mass is 15.2. The van der Waals surface area contributed by atoms with Gasteiger partial charge in [0.05, 0.1) is 6.54 Å². The van der Waals surface area contributed by atoms with E-state index in [1.54, 1.807) is 0 Å². The van der Waals surface area contributed by atoms with Crippen LogP contribution in [0.5, 0.6) is 0 Å². The van der Waals surface area contributed by atoms with Gasteiger partial charge >= 0.3 is 0 Å². The molecule has 1 heterocycles. The van der Waals surface area contributed by atoms with Crippen molar-refractivity contribution in [2.24, 2.45) is 4.99 Å². The van der Waals surface area contributed by atoms with Crippen molar-refractivity contribution in [3.05, 3.63) is 211 Å². The third-order valence-corrected chi connectivity index (χ3v) is 10.9. The van der Waals surface area contributed by atoms with Crippen molar-refractivity contribution >= 4 is 45.1 Å². The van der Waals surface area contributed by atoms with Crippen LogP contribution >= 0.6 is 0 Å². The SMILES string of the molecule is C=C1/C=C\C=N/C/C(=C\C=C(/C)c2cc(-c3ccccc3)c3cc(-c4c5c(c(-c6ccccc6)c6ccccc46)C=CCC5)ccc3c2)N1c1ccccc1. The van der Waals surface area contributed by atoms with Crippen LogP contribution in [-0.2, 0) is 6.42 Å². The Labute approximate surface area is 324 Å². The molecule has 0 fully saturated rings. The van der Waals surface area contributed by atoms with Crippen molar-refractivity contribution in [1.82, 2.24) is 0 Å². The first-order valence-electron chi connectivity index (χ1n) is 19.2. The zero-order valence-electron chi connectivity index (χ0n) is 31.1. The van der Waals surface area contributed by atoms with Gasteiger partial charge in [0.1, 0.15) is 0 Å². The highest BCUT2D eigenvalue weighted by Gasteiger charge is 2.22. The van der Waals surface area contributed by atoms with E-state index in [2.05, 4.69) is 187 Å². The Morgan fingerprint density at radius 2 is 1.36 bits per heavy atom. The predicted molar refractivity (Wildman–Crippen MR) is 237 cm³/mol. The summed E-state index contributed by atoms with van der Waals surface area (Å²) in [7, 11) is 0. The first-order valence-corrected chi connectivity index (χ1v) is 19.2. The lowest BCUT2D eigenvalue weighted by Crippen LogP contribution is -2.23. The number of anilines is 1. The van der Waals surface area contributed by atoms with Gasteiger partial charge in [-0.05, 0) is 146 Å². The molecule has 0 amide bonds. The molecule has 0 saturated heterocycles. The molecule has 2 aliphatic rings. The molecule has 7 aromatic carbocycles. The molecule has 264 valence electrons. The third kappa shape index (κ3) is 6.57. The molecule has 0 bridgehead atoms. The molecule has 9 rings (SSSR count). The van der Waals surface area contributed by atoms with Gasteiger partial charge in [-0.25, -0.2) is 0 Å². The lowest BCUT2D eigenvalue weighted by atomic mass is 9.80. The van der Waals surface area contributed by atoms with Gasteiger partial charge in [0.2, 0.25) is 0 Å². The first kappa shape index (κ1) is 34.0. The van der Waals surface area contributed by atoms with Crippen LogP contribution < -0.4 is 4.90 Å². The molecule has 0 aromatic heterocycles. The minimum absolute atomic E-state index is 0.554. The fourth-order valence-corrected chi connectivity index (χ4v) is 8.27. The van der Waals surface area contributed by atoms with Crippen molar-refractivity contribution < 1.29 is 0 Å². The molecule has 0 radical (unpaired) electrons. The highest BCUT2D eigenvalue weighted by Crippen LogP contribution is 2.46. The normalized spacial score (nSPS) is 16.2. The molecule has 0 spiro atoms. The summed E-state index contributed by atoms with van der Waals surface area (Å²) < 4.78 is 0. The Hall–Kier alpha value is -6.77. The topological polar surface area (TPSA) is 15.6 Å². The van der Waals surface area contributed by atoms with Crippen LogP contribution in [0.4, 0.5) is 5.69 Å². The zero-order chi connectivity index (χ0) is 37.1.